The fourth-order valence-corrected chi connectivity index (χ4v) is 4.17. The molecule has 0 unspecified atom stereocenters. The van der Waals surface area contributed by atoms with Gasteiger partial charge >= 0.3 is 0 Å². The van der Waals surface area contributed by atoms with Crippen LogP contribution in [-0.4, -0.2) is 61.0 Å². The maximum absolute atomic E-state index is 12.8. The Morgan fingerprint density at radius 1 is 1.30 bits per heavy atom. The van der Waals surface area contributed by atoms with Gasteiger partial charge in [0, 0.05) is 31.8 Å². The summed E-state index contributed by atoms with van der Waals surface area (Å²) in [6, 6.07) is 4.08. The zero-order valence-electron chi connectivity index (χ0n) is 15.0. The first kappa shape index (κ1) is 17.7. The molecule has 0 aromatic heterocycles. The number of amides is 2. The Balaban J connectivity index is 1.47. The van der Waals surface area contributed by atoms with Gasteiger partial charge in [-0.05, 0) is 37.3 Å². The van der Waals surface area contributed by atoms with E-state index >= 15 is 0 Å². The number of nitrogens with one attached hydrogen (secondary N) is 1. The number of hydrogen-bond acceptors (Lipinski definition) is 6. The predicted molar refractivity (Wildman–Crippen MR) is 96.7 cm³/mol. The molecule has 0 aliphatic carbocycles. The molecule has 27 heavy (non-hydrogen) atoms. The summed E-state index contributed by atoms with van der Waals surface area (Å²) in [6.07, 6.45) is 3.07. The number of nitro benzene ring substituents is 1. The third-order valence-electron chi connectivity index (χ3n) is 5.90. The van der Waals surface area contributed by atoms with E-state index in [1.165, 1.54) is 23.1 Å². The van der Waals surface area contributed by atoms with Crippen LogP contribution in [0.25, 0.3) is 0 Å². The van der Waals surface area contributed by atoms with Crippen molar-refractivity contribution in [2.75, 3.05) is 44.2 Å². The lowest BCUT2D eigenvalue weighted by atomic mass is 9.78. The van der Waals surface area contributed by atoms with E-state index in [4.69, 9.17) is 4.74 Å². The molecule has 3 heterocycles. The number of rotatable bonds is 3. The largest absolute Gasteiger partial charge is 0.482 e. The lowest BCUT2D eigenvalue weighted by molar-refractivity contribution is -0.384. The minimum absolute atomic E-state index is 0.123. The van der Waals surface area contributed by atoms with Crippen LogP contribution in [0.15, 0.2) is 18.2 Å². The Morgan fingerprint density at radius 2 is 2.07 bits per heavy atom. The van der Waals surface area contributed by atoms with E-state index in [1.807, 2.05) is 0 Å². The predicted octanol–water partition coefficient (Wildman–Crippen LogP) is 0.922. The Bertz CT molecular complexity index is 780. The summed E-state index contributed by atoms with van der Waals surface area (Å²) < 4.78 is 5.35. The van der Waals surface area contributed by atoms with Crippen LogP contribution in [0, 0.1) is 15.5 Å². The van der Waals surface area contributed by atoms with Crippen LogP contribution in [-0.2, 0) is 9.59 Å². The molecule has 144 valence electrons. The van der Waals surface area contributed by atoms with E-state index in [1.54, 1.807) is 4.90 Å². The van der Waals surface area contributed by atoms with Gasteiger partial charge in [0.2, 0.25) is 5.91 Å². The third-order valence-corrected chi connectivity index (χ3v) is 5.90. The smallest absolute Gasteiger partial charge is 0.271 e. The second-order valence-corrected chi connectivity index (χ2v) is 7.49. The summed E-state index contributed by atoms with van der Waals surface area (Å²) in [5.41, 5.74) is 0.444. The average Bonchev–Trinajstić information content (AvgIpc) is 3.12. The third kappa shape index (κ3) is 3.34. The molecular formula is C18H22N4O5. The van der Waals surface area contributed by atoms with E-state index in [0.29, 0.717) is 24.3 Å². The van der Waals surface area contributed by atoms with Crippen molar-refractivity contribution in [3.05, 3.63) is 28.3 Å². The van der Waals surface area contributed by atoms with Crippen molar-refractivity contribution in [3.8, 4) is 5.75 Å². The zero-order valence-corrected chi connectivity index (χ0v) is 15.0. The molecule has 2 saturated heterocycles. The van der Waals surface area contributed by atoms with Crippen LogP contribution < -0.4 is 15.0 Å². The first-order valence-electron chi connectivity index (χ1n) is 9.18. The second kappa shape index (κ2) is 6.80. The van der Waals surface area contributed by atoms with Crippen LogP contribution in [0.4, 0.5) is 11.4 Å². The highest BCUT2D eigenvalue weighted by Crippen LogP contribution is 2.38. The Kier molecular flexibility index (Phi) is 4.47. The molecular weight excluding hydrogens is 352 g/mol. The summed E-state index contributed by atoms with van der Waals surface area (Å²) in [7, 11) is 0. The molecule has 0 bridgehead atoms. The number of piperidine rings is 1. The molecule has 2 amide bonds. The Labute approximate surface area is 156 Å². The van der Waals surface area contributed by atoms with Crippen LogP contribution in [0.2, 0.25) is 0 Å². The van der Waals surface area contributed by atoms with E-state index in [2.05, 4.69) is 5.32 Å². The maximum Gasteiger partial charge on any atom is 0.271 e. The summed E-state index contributed by atoms with van der Waals surface area (Å²) in [5.74, 6) is -0.129. The van der Waals surface area contributed by atoms with Gasteiger partial charge in [-0.1, -0.05) is 0 Å². The standard InChI is InChI=1S/C18H22N4O5/c23-16(20-7-4-18(5-8-20)3-6-19-12-18)10-21-14-9-13(22(25)26)1-2-15(14)27-11-17(21)24/h1-2,9,19H,3-8,10-12H2. The number of anilines is 1. The van der Waals surface area contributed by atoms with Gasteiger partial charge in [-0.15, -0.1) is 0 Å². The van der Waals surface area contributed by atoms with Crippen LogP contribution in [0.3, 0.4) is 0 Å². The van der Waals surface area contributed by atoms with E-state index in [0.717, 1.165) is 32.4 Å². The topological polar surface area (TPSA) is 105 Å². The summed E-state index contributed by atoms with van der Waals surface area (Å²) in [4.78, 5) is 38.7. The molecule has 1 aromatic carbocycles. The molecule has 0 radical (unpaired) electrons. The van der Waals surface area contributed by atoms with Crippen LogP contribution in [0.5, 0.6) is 5.75 Å². The summed E-state index contributed by atoms with van der Waals surface area (Å²) in [5, 5.41) is 14.4. The van der Waals surface area contributed by atoms with E-state index in [9.17, 15) is 19.7 Å². The van der Waals surface area contributed by atoms with Crippen LogP contribution in [0.1, 0.15) is 19.3 Å². The van der Waals surface area contributed by atoms with Crippen molar-refractivity contribution in [1.29, 1.82) is 0 Å². The molecule has 0 saturated carbocycles. The van der Waals surface area contributed by atoms with Gasteiger partial charge in [0.05, 0.1) is 10.6 Å². The van der Waals surface area contributed by atoms with Crippen molar-refractivity contribution in [2.45, 2.75) is 19.3 Å². The van der Waals surface area contributed by atoms with Crippen molar-refractivity contribution >= 4 is 23.2 Å². The highest BCUT2D eigenvalue weighted by atomic mass is 16.6. The fourth-order valence-electron chi connectivity index (χ4n) is 4.17. The SMILES string of the molecule is O=C(CN1C(=O)COc2ccc([N+](=O)[O-])cc21)N1CCC2(CCNC2)CC1. The summed E-state index contributed by atoms with van der Waals surface area (Å²) in [6.45, 7) is 3.11. The number of carbonyl (C=O) groups excluding carboxylic acids is 2. The van der Waals surface area contributed by atoms with Gasteiger partial charge in [0.1, 0.15) is 12.3 Å². The number of likely N-dealkylation sites (tertiary alicyclic amines) is 1. The second-order valence-electron chi connectivity index (χ2n) is 7.49. The molecule has 3 aliphatic rings. The monoisotopic (exact) mass is 374 g/mol. The number of hydrogen-bond donors (Lipinski definition) is 1. The molecule has 1 spiro atoms. The molecule has 2 fully saturated rings. The van der Waals surface area contributed by atoms with Gasteiger partial charge in [-0.3, -0.25) is 24.6 Å². The lowest BCUT2D eigenvalue weighted by Gasteiger charge is -2.39. The van der Waals surface area contributed by atoms with E-state index < -0.39 is 4.92 Å². The molecule has 4 rings (SSSR count). The highest BCUT2D eigenvalue weighted by molar-refractivity contribution is 6.02. The number of ether oxygens (including phenoxy) is 1. The van der Waals surface area contributed by atoms with Gasteiger partial charge < -0.3 is 15.0 Å². The molecule has 9 nitrogen and oxygen atoms in total. The minimum atomic E-state index is -0.529. The van der Waals surface area contributed by atoms with Crippen molar-refractivity contribution < 1.29 is 19.2 Å². The number of nitro groups is 1. The van der Waals surface area contributed by atoms with Gasteiger partial charge in [-0.2, -0.15) is 0 Å². The molecule has 1 N–H and O–H groups in total. The lowest BCUT2D eigenvalue weighted by Crippen LogP contribution is -2.50. The average molecular weight is 374 g/mol. The number of fused-ring (bicyclic) bond motifs is 1. The number of benzene rings is 1. The Hall–Kier alpha value is -2.68. The first-order valence-corrected chi connectivity index (χ1v) is 9.18. The fraction of sp³-hybridized carbons (Fsp3) is 0.556. The first-order chi connectivity index (χ1) is 13.0. The molecule has 1 aromatic rings. The molecule has 3 aliphatic heterocycles. The van der Waals surface area contributed by atoms with Gasteiger partial charge in [-0.25, -0.2) is 0 Å². The number of nitrogens with zero attached hydrogens (tertiary/aromatic N) is 3. The highest BCUT2D eigenvalue weighted by Gasteiger charge is 2.39. The zero-order chi connectivity index (χ0) is 19.0. The van der Waals surface area contributed by atoms with Crippen LogP contribution >= 0.6 is 0 Å². The number of carbonyl (C=O) groups is 2. The van der Waals surface area contributed by atoms with Gasteiger partial charge in [0.15, 0.2) is 6.61 Å². The molecule has 0 atom stereocenters. The van der Waals surface area contributed by atoms with E-state index in [-0.39, 0.29) is 36.3 Å². The minimum Gasteiger partial charge on any atom is -0.482 e. The summed E-state index contributed by atoms with van der Waals surface area (Å²) >= 11 is 0. The van der Waals surface area contributed by atoms with Crippen molar-refractivity contribution in [2.24, 2.45) is 5.41 Å². The van der Waals surface area contributed by atoms with Crippen molar-refractivity contribution in [3.63, 3.8) is 0 Å². The quantitative estimate of drug-likeness (QED) is 0.623. The maximum atomic E-state index is 12.8. The van der Waals surface area contributed by atoms with Crippen molar-refractivity contribution in [1.82, 2.24) is 10.2 Å². The molecule has 9 heteroatoms. The Morgan fingerprint density at radius 3 is 2.74 bits per heavy atom. The normalized spacial score (nSPS) is 21.1. The number of non-ortho nitro benzene ring substituents is 1. The van der Waals surface area contributed by atoms with Gasteiger partial charge in [0.25, 0.3) is 11.6 Å².